The first-order valence-electron chi connectivity index (χ1n) is 5.97. The molecular weight excluding hydrogens is 265 g/mol. The van der Waals surface area contributed by atoms with Crippen LogP contribution in [-0.2, 0) is 6.54 Å². The fourth-order valence-electron chi connectivity index (χ4n) is 2.45. The molecular formula is C15H13Cl2N. The average Bonchev–Trinajstić information content (AvgIpc) is 2.74. The van der Waals surface area contributed by atoms with Crippen LogP contribution in [0.25, 0.3) is 21.8 Å². The predicted molar refractivity (Wildman–Crippen MR) is 79.8 cm³/mol. The van der Waals surface area contributed by atoms with Gasteiger partial charge in [-0.15, -0.1) is 23.2 Å². The lowest BCUT2D eigenvalue weighted by molar-refractivity contribution is 0.735. The molecule has 3 heteroatoms. The Balaban J connectivity index is 2.31. The van der Waals surface area contributed by atoms with Crippen LogP contribution < -0.4 is 0 Å². The van der Waals surface area contributed by atoms with Crippen molar-refractivity contribution in [2.45, 2.75) is 11.9 Å². The second-order valence-electron chi connectivity index (χ2n) is 4.40. The minimum atomic E-state index is -0.0501. The van der Waals surface area contributed by atoms with Crippen molar-refractivity contribution in [1.29, 1.82) is 0 Å². The Morgan fingerprint density at radius 1 is 0.889 bits per heavy atom. The molecule has 0 saturated heterocycles. The first kappa shape index (κ1) is 11.9. The van der Waals surface area contributed by atoms with E-state index in [1.807, 2.05) is 0 Å². The van der Waals surface area contributed by atoms with E-state index in [1.54, 1.807) is 0 Å². The van der Waals surface area contributed by atoms with Gasteiger partial charge in [-0.3, -0.25) is 0 Å². The molecule has 0 N–H and O–H groups in total. The summed E-state index contributed by atoms with van der Waals surface area (Å²) in [5, 5.41) is 2.49. The monoisotopic (exact) mass is 277 g/mol. The van der Waals surface area contributed by atoms with Gasteiger partial charge in [0.15, 0.2) is 0 Å². The highest BCUT2D eigenvalue weighted by Crippen LogP contribution is 2.29. The molecule has 92 valence electrons. The van der Waals surface area contributed by atoms with Gasteiger partial charge in [0.05, 0.1) is 5.38 Å². The van der Waals surface area contributed by atoms with E-state index < -0.39 is 0 Å². The second kappa shape index (κ2) is 4.83. The Bertz CT molecular complexity index is 634. The van der Waals surface area contributed by atoms with Crippen LogP contribution in [0.2, 0.25) is 0 Å². The maximum absolute atomic E-state index is 6.20. The summed E-state index contributed by atoms with van der Waals surface area (Å²) in [6.07, 6.45) is 0. The standard InChI is InChI=1S/C15H13Cl2N/c16-9-11(17)10-18-14-7-3-1-5-12(14)13-6-2-4-8-15(13)18/h1-8,11H,9-10H2/t11-/m0/s1. The van der Waals surface area contributed by atoms with Gasteiger partial charge in [0.2, 0.25) is 0 Å². The first-order valence-corrected chi connectivity index (χ1v) is 6.94. The maximum atomic E-state index is 6.20. The van der Waals surface area contributed by atoms with Crippen LogP contribution in [0.1, 0.15) is 0 Å². The molecule has 3 aromatic rings. The van der Waals surface area contributed by atoms with Gasteiger partial charge >= 0.3 is 0 Å². The fourth-order valence-corrected chi connectivity index (χ4v) is 2.68. The van der Waals surface area contributed by atoms with Crippen LogP contribution >= 0.6 is 23.2 Å². The van der Waals surface area contributed by atoms with E-state index in [2.05, 4.69) is 53.1 Å². The number of nitrogens with zero attached hydrogens (tertiary/aromatic N) is 1. The molecule has 0 saturated carbocycles. The molecule has 0 bridgehead atoms. The summed E-state index contributed by atoms with van der Waals surface area (Å²) in [6, 6.07) is 16.8. The van der Waals surface area contributed by atoms with Crippen molar-refractivity contribution in [1.82, 2.24) is 4.57 Å². The topological polar surface area (TPSA) is 4.93 Å². The highest BCUT2D eigenvalue weighted by Gasteiger charge is 2.12. The van der Waals surface area contributed by atoms with Gasteiger partial charge in [-0.2, -0.15) is 0 Å². The van der Waals surface area contributed by atoms with Crippen LogP contribution in [0, 0.1) is 0 Å². The summed E-state index contributed by atoms with van der Waals surface area (Å²) in [6.45, 7) is 0.735. The van der Waals surface area contributed by atoms with Crippen LogP contribution in [-0.4, -0.2) is 15.8 Å². The number of hydrogen-bond donors (Lipinski definition) is 0. The van der Waals surface area contributed by atoms with Crippen LogP contribution in [0.4, 0.5) is 0 Å². The molecule has 0 aliphatic carbocycles. The molecule has 0 amide bonds. The molecule has 1 aromatic heterocycles. The van der Waals surface area contributed by atoms with Gasteiger partial charge in [-0.05, 0) is 12.1 Å². The van der Waals surface area contributed by atoms with Crippen molar-refractivity contribution in [3.8, 4) is 0 Å². The number of alkyl halides is 2. The van der Waals surface area contributed by atoms with E-state index >= 15 is 0 Å². The Kier molecular flexibility index (Phi) is 3.19. The molecule has 18 heavy (non-hydrogen) atoms. The molecule has 0 aliphatic heterocycles. The summed E-state index contributed by atoms with van der Waals surface area (Å²) in [4.78, 5) is 0. The van der Waals surface area contributed by atoms with Crippen molar-refractivity contribution < 1.29 is 0 Å². The lowest BCUT2D eigenvalue weighted by Crippen LogP contribution is -2.11. The second-order valence-corrected chi connectivity index (χ2v) is 5.32. The van der Waals surface area contributed by atoms with Crippen LogP contribution in [0.15, 0.2) is 48.5 Å². The molecule has 1 nitrogen and oxygen atoms in total. The van der Waals surface area contributed by atoms with Crippen molar-refractivity contribution in [3.05, 3.63) is 48.5 Å². The molecule has 2 aromatic carbocycles. The number of rotatable bonds is 3. The van der Waals surface area contributed by atoms with Gasteiger partial charge in [0.25, 0.3) is 0 Å². The number of fused-ring (bicyclic) bond motifs is 3. The number of hydrogen-bond acceptors (Lipinski definition) is 0. The quantitative estimate of drug-likeness (QED) is 0.615. The molecule has 0 aliphatic rings. The SMILES string of the molecule is ClC[C@H](Cl)Cn1c2ccccc2c2ccccc21. The Labute approximate surface area is 116 Å². The Morgan fingerprint density at radius 2 is 1.39 bits per heavy atom. The van der Waals surface area contributed by atoms with Gasteiger partial charge in [-0.25, -0.2) is 0 Å². The summed E-state index contributed by atoms with van der Waals surface area (Å²) in [7, 11) is 0. The largest absolute Gasteiger partial charge is 0.339 e. The van der Waals surface area contributed by atoms with Gasteiger partial charge in [-0.1, -0.05) is 36.4 Å². The van der Waals surface area contributed by atoms with E-state index in [-0.39, 0.29) is 5.38 Å². The molecule has 0 unspecified atom stereocenters. The third kappa shape index (κ3) is 1.88. The van der Waals surface area contributed by atoms with Gasteiger partial charge < -0.3 is 4.57 Å². The average molecular weight is 278 g/mol. The Hall–Kier alpha value is -1.18. The van der Waals surface area contributed by atoms with Crippen molar-refractivity contribution in [2.24, 2.45) is 0 Å². The molecule has 1 atom stereocenters. The van der Waals surface area contributed by atoms with Crippen LogP contribution in [0.5, 0.6) is 0 Å². The van der Waals surface area contributed by atoms with Gasteiger partial charge in [0, 0.05) is 34.2 Å². The number of benzene rings is 2. The third-order valence-electron chi connectivity index (χ3n) is 3.23. The van der Waals surface area contributed by atoms with E-state index in [0.717, 1.165) is 6.54 Å². The van der Waals surface area contributed by atoms with E-state index in [0.29, 0.717) is 5.88 Å². The van der Waals surface area contributed by atoms with E-state index in [9.17, 15) is 0 Å². The lowest BCUT2D eigenvalue weighted by Gasteiger charge is -2.10. The highest BCUT2D eigenvalue weighted by atomic mass is 35.5. The zero-order valence-electron chi connectivity index (χ0n) is 9.81. The first-order chi connectivity index (χ1) is 8.81. The van der Waals surface area contributed by atoms with Crippen molar-refractivity contribution in [3.63, 3.8) is 0 Å². The molecule has 0 radical (unpaired) electrons. The maximum Gasteiger partial charge on any atom is 0.0650 e. The Morgan fingerprint density at radius 3 is 1.89 bits per heavy atom. The summed E-state index contributed by atoms with van der Waals surface area (Å²) >= 11 is 12.0. The minimum Gasteiger partial charge on any atom is -0.339 e. The molecule has 3 rings (SSSR count). The number of halogens is 2. The molecule has 1 heterocycles. The normalized spacial score (nSPS) is 13.2. The van der Waals surface area contributed by atoms with Crippen molar-refractivity contribution in [2.75, 3.05) is 5.88 Å². The van der Waals surface area contributed by atoms with E-state index in [4.69, 9.17) is 23.2 Å². The lowest BCUT2D eigenvalue weighted by atomic mass is 10.2. The summed E-state index contributed by atoms with van der Waals surface area (Å²) in [5.41, 5.74) is 2.43. The van der Waals surface area contributed by atoms with E-state index in [1.165, 1.54) is 21.8 Å². The highest BCUT2D eigenvalue weighted by molar-refractivity contribution is 6.28. The number of para-hydroxylation sites is 2. The van der Waals surface area contributed by atoms with Crippen molar-refractivity contribution >= 4 is 45.0 Å². The fraction of sp³-hybridized carbons (Fsp3) is 0.200. The minimum absolute atomic E-state index is 0.0501. The van der Waals surface area contributed by atoms with Crippen LogP contribution in [0.3, 0.4) is 0 Å². The number of aromatic nitrogens is 1. The third-order valence-corrected chi connectivity index (χ3v) is 4.05. The smallest absolute Gasteiger partial charge is 0.0650 e. The zero-order valence-corrected chi connectivity index (χ0v) is 11.3. The zero-order chi connectivity index (χ0) is 12.5. The molecule has 0 spiro atoms. The summed E-state index contributed by atoms with van der Waals surface area (Å²) in [5.74, 6) is 0.461. The molecule has 0 fully saturated rings. The predicted octanol–water partition coefficient (Wildman–Crippen LogP) is 4.64. The summed E-state index contributed by atoms with van der Waals surface area (Å²) < 4.78 is 2.25. The van der Waals surface area contributed by atoms with Gasteiger partial charge in [0.1, 0.15) is 0 Å².